The highest BCUT2D eigenvalue weighted by Crippen LogP contribution is 2.19. The Kier molecular flexibility index (Phi) is 2.51. The summed E-state index contributed by atoms with van der Waals surface area (Å²) in [5.74, 6) is 1.72. The van der Waals surface area contributed by atoms with Crippen molar-refractivity contribution in [1.29, 1.82) is 0 Å². The maximum absolute atomic E-state index is 5.88. The van der Waals surface area contributed by atoms with E-state index in [1.165, 1.54) is 0 Å². The van der Waals surface area contributed by atoms with Crippen LogP contribution < -0.4 is 5.73 Å². The normalized spacial score (nSPS) is 13.3. The zero-order valence-electron chi connectivity index (χ0n) is 8.64. The number of nitrogens with zero attached hydrogens (tertiary/aromatic N) is 3. The number of aromatic nitrogens is 4. The molecule has 2 rings (SSSR count). The van der Waals surface area contributed by atoms with E-state index in [1.807, 2.05) is 13.8 Å². The summed E-state index contributed by atoms with van der Waals surface area (Å²) in [4.78, 5) is 11.1. The summed E-state index contributed by atoms with van der Waals surface area (Å²) in [6.07, 6.45) is 3.33. The SMILES string of the molecule is CC(C)[C@@H](N)c1nc(-c2ncc[nH]2)no1. The minimum atomic E-state index is -0.235. The predicted molar refractivity (Wildman–Crippen MR) is 53.6 cm³/mol. The van der Waals surface area contributed by atoms with Crippen molar-refractivity contribution in [3.8, 4) is 11.6 Å². The number of nitrogens with two attached hydrogens (primary N) is 1. The third-order valence-corrected chi connectivity index (χ3v) is 2.16. The molecule has 0 aliphatic carbocycles. The van der Waals surface area contributed by atoms with Gasteiger partial charge in [0.15, 0.2) is 5.82 Å². The van der Waals surface area contributed by atoms with Crippen LogP contribution in [-0.4, -0.2) is 20.1 Å². The molecule has 0 aromatic carbocycles. The third kappa shape index (κ3) is 1.89. The van der Waals surface area contributed by atoms with Gasteiger partial charge in [0.05, 0.1) is 6.04 Å². The summed E-state index contributed by atoms with van der Waals surface area (Å²) in [6.45, 7) is 4.00. The van der Waals surface area contributed by atoms with Crippen LogP contribution in [0.3, 0.4) is 0 Å². The Morgan fingerprint density at radius 1 is 1.47 bits per heavy atom. The summed E-state index contributed by atoms with van der Waals surface area (Å²) in [6, 6.07) is -0.235. The zero-order chi connectivity index (χ0) is 10.8. The second-order valence-electron chi connectivity index (χ2n) is 3.66. The van der Waals surface area contributed by atoms with Crippen molar-refractivity contribution in [2.24, 2.45) is 11.7 Å². The lowest BCUT2D eigenvalue weighted by Crippen LogP contribution is -2.16. The van der Waals surface area contributed by atoms with Gasteiger partial charge in [-0.1, -0.05) is 19.0 Å². The molecule has 0 unspecified atom stereocenters. The van der Waals surface area contributed by atoms with Crippen LogP contribution >= 0.6 is 0 Å². The summed E-state index contributed by atoms with van der Waals surface area (Å²) in [7, 11) is 0. The molecule has 0 spiro atoms. The fraction of sp³-hybridized carbons (Fsp3) is 0.444. The van der Waals surface area contributed by atoms with Crippen molar-refractivity contribution >= 4 is 0 Å². The Hall–Kier alpha value is -1.69. The Balaban J connectivity index is 2.25. The van der Waals surface area contributed by atoms with Gasteiger partial charge in [0.1, 0.15) is 0 Å². The lowest BCUT2D eigenvalue weighted by molar-refractivity contribution is 0.325. The van der Waals surface area contributed by atoms with Crippen LogP contribution in [-0.2, 0) is 0 Å². The number of nitrogens with one attached hydrogen (secondary N) is 1. The fourth-order valence-corrected chi connectivity index (χ4v) is 1.14. The summed E-state index contributed by atoms with van der Waals surface area (Å²) < 4.78 is 5.07. The zero-order valence-corrected chi connectivity index (χ0v) is 8.64. The van der Waals surface area contributed by atoms with Crippen LogP contribution in [0.5, 0.6) is 0 Å². The highest BCUT2D eigenvalue weighted by atomic mass is 16.5. The van der Waals surface area contributed by atoms with Crippen molar-refractivity contribution in [3.05, 3.63) is 18.3 Å². The highest BCUT2D eigenvalue weighted by molar-refractivity contribution is 5.40. The number of hydrogen-bond acceptors (Lipinski definition) is 5. The maximum Gasteiger partial charge on any atom is 0.244 e. The molecular formula is C9H13N5O. The van der Waals surface area contributed by atoms with E-state index in [1.54, 1.807) is 12.4 Å². The van der Waals surface area contributed by atoms with E-state index >= 15 is 0 Å². The third-order valence-electron chi connectivity index (χ3n) is 2.16. The first kappa shape index (κ1) is 9.85. The molecule has 15 heavy (non-hydrogen) atoms. The Bertz CT molecular complexity index is 419. The van der Waals surface area contributed by atoms with Gasteiger partial charge in [0, 0.05) is 12.4 Å². The van der Waals surface area contributed by atoms with Gasteiger partial charge in [-0.3, -0.25) is 0 Å². The first-order chi connectivity index (χ1) is 7.18. The number of aromatic amines is 1. The maximum atomic E-state index is 5.88. The van der Waals surface area contributed by atoms with Crippen LogP contribution in [0.4, 0.5) is 0 Å². The molecule has 0 saturated heterocycles. The Labute approximate surface area is 86.9 Å². The number of hydrogen-bond donors (Lipinski definition) is 2. The van der Waals surface area contributed by atoms with E-state index in [-0.39, 0.29) is 12.0 Å². The Morgan fingerprint density at radius 2 is 2.27 bits per heavy atom. The molecule has 6 heteroatoms. The second kappa shape index (κ2) is 3.82. The van der Waals surface area contributed by atoms with Gasteiger partial charge in [0.2, 0.25) is 11.7 Å². The molecule has 0 bridgehead atoms. The van der Waals surface area contributed by atoms with Gasteiger partial charge >= 0.3 is 0 Å². The van der Waals surface area contributed by atoms with Gasteiger partial charge in [-0.05, 0) is 5.92 Å². The van der Waals surface area contributed by atoms with Crippen LogP contribution in [0, 0.1) is 5.92 Å². The van der Waals surface area contributed by atoms with Gasteiger partial charge in [-0.2, -0.15) is 4.98 Å². The molecule has 0 aliphatic heterocycles. The lowest BCUT2D eigenvalue weighted by atomic mass is 10.1. The minimum Gasteiger partial charge on any atom is -0.342 e. The topological polar surface area (TPSA) is 93.6 Å². The van der Waals surface area contributed by atoms with Crippen LogP contribution in [0.1, 0.15) is 25.8 Å². The van der Waals surface area contributed by atoms with Crippen LogP contribution in [0.2, 0.25) is 0 Å². The molecule has 0 aliphatic rings. The highest BCUT2D eigenvalue weighted by Gasteiger charge is 2.19. The summed E-state index contributed by atoms with van der Waals surface area (Å²) >= 11 is 0. The minimum absolute atomic E-state index is 0.235. The Morgan fingerprint density at radius 3 is 2.87 bits per heavy atom. The lowest BCUT2D eigenvalue weighted by Gasteiger charge is -2.08. The average Bonchev–Trinajstić information content (AvgIpc) is 2.86. The summed E-state index contributed by atoms with van der Waals surface area (Å²) in [5.41, 5.74) is 5.88. The molecule has 0 amide bonds. The molecule has 2 aromatic rings. The molecule has 1 atom stereocenters. The van der Waals surface area contributed by atoms with Gasteiger partial charge in [-0.25, -0.2) is 4.98 Å². The van der Waals surface area contributed by atoms with Gasteiger partial charge in [0.25, 0.3) is 0 Å². The van der Waals surface area contributed by atoms with Crippen LogP contribution in [0.25, 0.3) is 11.6 Å². The molecule has 3 N–H and O–H groups in total. The largest absolute Gasteiger partial charge is 0.342 e. The van der Waals surface area contributed by atoms with E-state index in [9.17, 15) is 0 Å². The van der Waals surface area contributed by atoms with E-state index in [0.717, 1.165) is 0 Å². The first-order valence-corrected chi connectivity index (χ1v) is 4.77. The smallest absolute Gasteiger partial charge is 0.244 e. The molecule has 80 valence electrons. The second-order valence-corrected chi connectivity index (χ2v) is 3.66. The molecule has 0 fully saturated rings. The van der Waals surface area contributed by atoms with Crippen molar-refractivity contribution in [3.63, 3.8) is 0 Å². The predicted octanol–water partition coefficient (Wildman–Crippen LogP) is 1.12. The standard InChI is InChI=1S/C9H13N5O/c1-5(2)6(10)9-13-8(14-15-9)7-11-3-4-12-7/h3-6H,10H2,1-2H3,(H,11,12)/t6-/m1/s1. The number of H-pyrrole nitrogens is 1. The van der Waals surface area contributed by atoms with Crippen LogP contribution in [0.15, 0.2) is 16.9 Å². The molecule has 0 radical (unpaired) electrons. The summed E-state index contributed by atoms with van der Waals surface area (Å²) in [5, 5.41) is 3.80. The number of rotatable bonds is 3. The molecular weight excluding hydrogens is 194 g/mol. The van der Waals surface area contributed by atoms with Crippen molar-refractivity contribution in [2.45, 2.75) is 19.9 Å². The molecule has 0 saturated carbocycles. The monoisotopic (exact) mass is 207 g/mol. The molecule has 6 nitrogen and oxygen atoms in total. The van der Waals surface area contributed by atoms with Crippen molar-refractivity contribution < 1.29 is 4.52 Å². The van der Waals surface area contributed by atoms with Gasteiger partial charge in [-0.15, -0.1) is 0 Å². The fourth-order valence-electron chi connectivity index (χ4n) is 1.14. The molecule has 2 heterocycles. The van der Waals surface area contributed by atoms with E-state index in [0.29, 0.717) is 17.5 Å². The number of imidazole rings is 1. The van der Waals surface area contributed by atoms with Crippen molar-refractivity contribution in [1.82, 2.24) is 20.1 Å². The molecule has 2 aromatic heterocycles. The van der Waals surface area contributed by atoms with E-state index < -0.39 is 0 Å². The van der Waals surface area contributed by atoms with Crippen molar-refractivity contribution in [2.75, 3.05) is 0 Å². The first-order valence-electron chi connectivity index (χ1n) is 4.77. The quantitative estimate of drug-likeness (QED) is 0.786. The average molecular weight is 207 g/mol. The van der Waals surface area contributed by atoms with E-state index in [4.69, 9.17) is 10.3 Å². The van der Waals surface area contributed by atoms with E-state index in [2.05, 4.69) is 20.1 Å². The van der Waals surface area contributed by atoms with Gasteiger partial charge < -0.3 is 15.2 Å².